The van der Waals surface area contributed by atoms with Crippen LogP contribution in [0.4, 0.5) is 5.69 Å². The molecule has 1 aromatic carbocycles. The van der Waals surface area contributed by atoms with E-state index in [-0.39, 0.29) is 11.8 Å². The number of rotatable bonds is 6. The molecule has 122 valence electrons. The van der Waals surface area contributed by atoms with Gasteiger partial charge in [-0.05, 0) is 43.4 Å². The van der Waals surface area contributed by atoms with Gasteiger partial charge < -0.3 is 10.2 Å². The van der Waals surface area contributed by atoms with Crippen LogP contribution in [0.15, 0.2) is 24.3 Å². The molecule has 1 saturated heterocycles. The molecule has 1 atom stereocenters. The van der Waals surface area contributed by atoms with Gasteiger partial charge in [0.25, 0.3) is 5.91 Å². The van der Waals surface area contributed by atoms with E-state index in [4.69, 9.17) is 0 Å². The molecule has 0 aliphatic carbocycles. The minimum Gasteiger partial charge on any atom is -0.378 e. The highest BCUT2D eigenvalue weighted by Gasteiger charge is 2.27. The average molecular weight is 324 g/mol. The second-order valence-corrected chi connectivity index (χ2v) is 8.34. The van der Waals surface area contributed by atoms with Crippen molar-refractivity contribution in [1.29, 1.82) is 0 Å². The Morgan fingerprint density at radius 1 is 1.36 bits per heavy atom. The minimum atomic E-state index is -2.80. The van der Waals surface area contributed by atoms with E-state index >= 15 is 0 Å². The second kappa shape index (κ2) is 7.13. The van der Waals surface area contributed by atoms with Gasteiger partial charge in [-0.3, -0.25) is 4.79 Å². The molecule has 1 unspecified atom stereocenters. The maximum atomic E-state index is 12.1. The van der Waals surface area contributed by atoms with Crippen molar-refractivity contribution >= 4 is 21.4 Å². The van der Waals surface area contributed by atoms with Crippen LogP contribution >= 0.6 is 0 Å². The lowest BCUT2D eigenvalue weighted by Gasteiger charge is -2.13. The third-order valence-electron chi connectivity index (χ3n) is 4.03. The molecule has 0 radical (unpaired) electrons. The van der Waals surface area contributed by atoms with Crippen molar-refractivity contribution in [3.63, 3.8) is 0 Å². The second-order valence-electron chi connectivity index (χ2n) is 6.11. The Bertz CT molecular complexity index is 626. The smallest absolute Gasteiger partial charge is 0.251 e. The van der Waals surface area contributed by atoms with Gasteiger partial charge in [0.05, 0.1) is 11.5 Å². The predicted octanol–water partition coefficient (Wildman–Crippen LogP) is 1.70. The zero-order valence-corrected chi connectivity index (χ0v) is 14.0. The number of anilines is 1. The van der Waals surface area contributed by atoms with Crippen LogP contribution in [0.3, 0.4) is 0 Å². The van der Waals surface area contributed by atoms with E-state index in [1.165, 1.54) is 0 Å². The van der Waals surface area contributed by atoms with Crippen molar-refractivity contribution in [2.75, 3.05) is 37.0 Å². The third kappa shape index (κ3) is 4.73. The Morgan fingerprint density at radius 2 is 2.14 bits per heavy atom. The van der Waals surface area contributed by atoms with Crippen molar-refractivity contribution < 1.29 is 13.2 Å². The molecule has 1 N–H and O–H groups in total. The quantitative estimate of drug-likeness (QED) is 0.809. The molecular formula is C16H24N2O3S. The molecule has 0 bridgehead atoms. The molecule has 1 aliphatic rings. The van der Waals surface area contributed by atoms with Gasteiger partial charge in [0, 0.05) is 31.9 Å². The number of amides is 1. The zero-order valence-electron chi connectivity index (χ0n) is 13.2. The summed E-state index contributed by atoms with van der Waals surface area (Å²) in [5.74, 6) is 0.814. The highest BCUT2D eigenvalue weighted by atomic mass is 32.2. The molecule has 0 saturated carbocycles. The Balaban J connectivity index is 1.75. The summed E-state index contributed by atoms with van der Waals surface area (Å²) in [5, 5.41) is 2.90. The summed E-state index contributed by atoms with van der Waals surface area (Å²) in [7, 11) is 1.08. The first-order valence-corrected chi connectivity index (χ1v) is 9.45. The average Bonchev–Trinajstić information content (AvgIpc) is 2.82. The number of benzene rings is 1. The molecule has 1 aliphatic heterocycles. The van der Waals surface area contributed by atoms with Crippen LogP contribution in [-0.4, -0.2) is 46.5 Å². The van der Waals surface area contributed by atoms with Gasteiger partial charge in [-0.1, -0.05) is 6.07 Å². The zero-order chi connectivity index (χ0) is 16.2. The number of sulfone groups is 1. The lowest BCUT2D eigenvalue weighted by Crippen LogP contribution is -2.25. The first kappa shape index (κ1) is 16.8. The maximum absolute atomic E-state index is 12.1. The van der Waals surface area contributed by atoms with Crippen LogP contribution < -0.4 is 10.2 Å². The first-order chi connectivity index (χ1) is 10.4. The van der Waals surface area contributed by atoms with Crippen molar-refractivity contribution in [2.45, 2.75) is 19.3 Å². The molecule has 1 amide bonds. The first-order valence-electron chi connectivity index (χ1n) is 7.63. The van der Waals surface area contributed by atoms with Crippen molar-refractivity contribution in [3.8, 4) is 0 Å². The summed E-state index contributed by atoms with van der Waals surface area (Å²) in [6.07, 6.45) is 2.44. The fourth-order valence-electron chi connectivity index (χ4n) is 2.72. The molecule has 1 heterocycles. The number of nitrogens with one attached hydrogen (secondary N) is 1. The van der Waals surface area contributed by atoms with E-state index in [1.54, 1.807) is 6.07 Å². The van der Waals surface area contributed by atoms with Crippen LogP contribution in [-0.2, 0) is 9.84 Å². The molecule has 6 heteroatoms. The van der Waals surface area contributed by atoms with E-state index in [1.807, 2.05) is 37.2 Å². The van der Waals surface area contributed by atoms with Gasteiger partial charge in [-0.25, -0.2) is 8.42 Å². The molecule has 0 aromatic heterocycles. The molecule has 2 rings (SSSR count). The third-order valence-corrected chi connectivity index (χ3v) is 5.86. The fraction of sp³-hybridized carbons (Fsp3) is 0.562. The van der Waals surface area contributed by atoms with E-state index in [0.29, 0.717) is 23.6 Å². The van der Waals surface area contributed by atoms with Crippen LogP contribution in [0.1, 0.15) is 29.6 Å². The molecule has 1 aromatic rings. The van der Waals surface area contributed by atoms with Crippen molar-refractivity contribution in [2.24, 2.45) is 5.92 Å². The maximum Gasteiger partial charge on any atom is 0.251 e. The predicted molar refractivity (Wildman–Crippen MR) is 89.1 cm³/mol. The van der Waals surface area contributed by atoms with Crippen LogP contribution in [0.25, 0.3) is 0 Å². The topological polar surface area (TPSA) is 66.5 Å². The van der Waals surface area contributed by atoms with Gasteiger partial charge in [-0.15, -0.1) is 0 Å². The molecule has 0 spiro atoms. The lowest BCUT2D eigenvalue weighted by molar-refractivity contribution is 0.0952. The number of carbonyl (C=O) groups is 1. The largest absolute Gasteiger partial charge is 0.378 e. The van der Waals surface area contributed by atoms with E-state index < -0.39 is 9.84 Å². The van der Waals surface area contributed by atoms with E-state index in [2.05, 4.69) is 5.32 Å². The Hall–Kier alpha value is -1.56. The van der Waals surface area contributed by atoms with Gasteiger partial charge in [0.15, 0.2) is 9.84 Å². The molecule has 22 heavy (non-hydrogen) atoms. The monoisotopic (exact) mass is 324 g/mol. The SMILES string of the molecule is CN(C)c1cccc(C(=O)NCCCC2CCS(=O)(=O)C2)c1. The van der Waals surface area contributed by atoms with Gasteiger partial charge in [0.2, 0.25) is 0 Å². The van der Waals surface area contributed by atoms with Crippen LogP contribution in [0.5, 0.6) is 0 Å². The Kier molecular flexibility index (Phi) is 5.45. The normalized spacial score (nSPS) is 19.8. The molecule has 5 nitrogen and oxygen atoms in total. The summed E-state index contributed by atoms with van der Waals surface area (Å²) in [6, 6.07) is 7.48. The molecule has 1 fully saturated rings. The summed E-state index contributed by atoms with van der Waals surface area (Å²) < 4.78 is 22.8. The number of hydrogen-bond donors (Lipinski definition) is 1. The van der Waals surface area contributed by atoms with Gasteiger partial charge in [0.1, 0.15) is 0 Å². The standard InChI is InChI=1S/C16H24N2O3S/c1-18(2)15-7-3-6-14(11-15)16(19)17-9-4-5-13-8-10-22(20,21)12-13/h3,6-7,11,13H,4-5,8-10,12H2,1-2H3,(H,17,19). The molecular weight excluding hydrogens is 300 g/mol. The highest BCUT2D eigenvalue weighted by molar-refractivity contribution is 7.91. The fourth-order valence-corrected chi connectivity index (χ4v) is 4.63. The minimum absolute atomic E-state index is 0.0808. The number of hydrogen-bond acceptors (Lipinski definition) is 4. The number of carbonyl (C=O) groups excluding carboxylic acids is 1. The van der Waals surface area contributed by atoms with E-state index in [0.717, 1.165) is 24.9 Å². The van der Waals surface area contributed by atoms with Crippen molar-refractivity contribution in [1.82, 2.24) is 5.32 Å². The number of nitrogens with zero attached hydrogens (tertiary/aromatic N) is 1. The van der Waals surface area contributed by atoms with E-state index in [9.17, 15) is 13.2 Å². The Labute approximate surface area is 132 Å². The van der Waals surface area contributed by atoms with Crippen LogP contribution in [0, 0.1) is 5.92 Å². The lowest BCUT2D eigenvalue weighted by atomic mass is 10.0. The van der Waals surface area contributed by atoms with Gasteiger partial charge in [-0.2, -0.15) is 0 Å². The summed E-state index contributed by atoms with van der Waals surface area (Å²) in [5.41, 5.74) is 1.64. The summed E-state index contributed by atoms with van der Waals surface area (Å²) >= 11 is 0. The van der Waals surface area contributed by atoms with Crippen LogP contribution in [0.2, 0.25) is 0 Å². The summed E-state index contributed by atoms with van der Waals surface area (Å²) in [6.45, 7) is 0.585. The summed E-state index contributed by atoms with van der Waals surface area (Å²) in [4.78, 5) is 14.0. The highest BCUT2D eigenvalue weighted by Crippen LogP contribution is 2.22. The van der Waals surface area contributed by atoms with Gasteiger partial charge >= 0.3 is 0 Å². The Morgan fingerprint density at radius 3 is 2.77 bits per heavy atom. The van der Waals surface area contributed by atoms with Crippen molar-refractivity contribution in [3.05, 3.63) is 29.8 Å².